The summed E-state index contributed by atoms with van der Waals surface area (Å²) in [4.78, 5) is 6.27. The molecule has 1 aromatic rings. The molecule has 0 bridgehead atoms. The molecule has 0 saturated heterocycles. The van der Waals surface area contributed by atoms with E-state index in [1.165, 1.54) is 0 Å². The Bertz CT molecular complexity index is 361. The molecule has 1 rings (SSSR count). The van der Waals surface area contributed by atoms with Crippen LogP contribution in [-0.2, 0) is 0 Å². The van der Waals surface area contributed by atoms with Crippen molar-refractivity contribution in [2.24, 2.45) is 4.99 Å². The molecule has 0 fully saturated rings. The zero-order valence-corrected chi connectivity index (χ0v) is 10.9. The fourth-order valence-corrected chi connectivity index (χ4v) is 1.26. The van der Waals surface area contributed by atoms with Gasteiger partial charge in [0.05, 0.1) is 0 Å². The first-order chi connectivity index (χ1) is 6.50. The molecule has 1 radical (unpaired) electrons. The molecule has 14 heavy (non-hydrogen) atoms. The van der Waals surface area contributed by atoms with Crippen LogP contribution >= 0.6 is 11.6 Å². The molecule has 0 aromatic heterocycles. The first-order valence-electron chi connectivity index (χ1n) is 4.20. The van der Waals surface area contributed by atoms with E-state index >= 15 is 0 Å². The fourth-order valence-electron chi connectivity index (χ4n) is 0.862. The van der Waals surface area contributed by atoms with Crippen molar-refractivity contribution in [2.75, 3.05) is 14.1 Å². The maximum atomic E-state index is 5.98. The van der Waals surface area contributed by atoms with Crippen molar-refractivity contribution in [3.63, 3.8) is 0 Å². The van der Waals surface area contributed by atoms with Gasteiger partial charge in [-0.3, -0.25) is 0 Å². The monoisotopic (exact) mass is 275 g/mol. The minimum atomic E-state index is 0.748. The van der Waals surface area contributed by atoms with Gasteiger partial charge in [-0.2, -0.15) is 0 Å². The molecule has 0 aliphatic rings. The van der Waals surface area contributed by atoms with Crippen LogP contribution < -0.4 is 0 Å². The van der Waals surface area contributed by atoms with Gasteiger partial charge in [0.15, 0.2) is 0 Å². The van der Waals surface area contributed by atoms with Gasteiger partial charge in [-0.15, -0.1) is 0 Å². The summed E-state index contributed by atoms with van der Waals surface area (Å²) >= 11 is 8.88. The fraction of sp³-hybridized carbons (Fsp3) is 0.300. The van der Waals surface area contributed by atoms with E-state index in [2.05, 4.69) is 21.0 Å². The molecule has 0 amide bonds. The van der Waals surface area contributed by atoms with Crippen LogP contribution in [-0.4, -0.2) is 39.7 Å². The van der Waals surface area contributed by atoms with Crippen LogP contribution in [0.15, 0.2) is 23.2 Å². The predicted octanol–water partition coefficient (Wildman–Crippen LogP) is 2.37. The van der Waals surface area contributed by atoms with Crippen molar-refractivity contribution in [1.82, 2.24) is 4.90 Å². The third-order valence-electron chi connectivity index (χ3n) is 1.76. The Morgan fingerprint density at radius 1 is 1.43 bits per heavy atom. The van der Waals surface area contributed by atoms with Crippen molar-refractivity contribution < 1.29 is 0 Å². The third-order valence-corrected chi connectivity index (χ3v) is 3.13. The summed E-state index contributed by atoms with van der Waals surface area (Å²) < 4.78 is 0.838. The maximum absolute atomic E-state index is 5.98. The Morgan fingerprint density at radius 2 is 2.07 bits per heavy atom. The molecule has 4 heteroatoms. The van der Waals surface area contributed by atoms with E-state index in [4.69, 9.17) is 11.6 Å². The van der Waals surface area contributed by atoms with Gasteiger partial charge in [0.1, 0.15) is 0 Å². The van der Waals surface area contributed by atoms with Crippen molar-refractivity contribution >= 4 is 38.0 Å². The van der Waals surface area contributed by atoms with Gasteiger partial charge in [0.25, 0.3) is 0 Å². The van der Waals surface area contributed by atoms with Crippen LogP contribution in [0.3, 0.4) is 0 Å². The molecular formula is C10H12ClN2Se. The van der Waals surface area contributed by atoms with E-state index in [0.29, 0.717) is 0 Å². The van der Waals surface area contributed by atoms with E-state index in [1.807, 2.05) is 44.1 Å². The molecule has 0 heterocycles. The molecule has 0 atom stereocenters. The molecule has 0 aliphatic carbocycles. The number of aryl methyl sites for hydroxylation is 1. The van der Waals surface area contributed by atoms with Gasteiger partial charge < -0.3 is 0 Å². The number of rotatable bonds is 1. The van der Waals surface area contributed by atoms with E-state index in [-0.39, 0.29) is 0 Å². The van der Waals surface area contributed by atoms with Crippen LogP contribution in [0.5, 0.6) is 0 Å². The average Bonchev–Trinajstić information content (AvgIpc) is 2.11. The van der Waals surface area contributed by atoms with Gasteiger partial charge in [-0.1, -0.05) is 0 Å². The quantitative estimate of drug-likeness (QED) is 0.436. The normalized spacial score (nSPS) is 11.6. The zero-order chi connectivity index (χ0) is 10.7. The predicted molar refractivity (Wildman–Crippen MR) is 62.7 cm³/mol. The molecule has 1 aromatic carbocycles. The van der Waals surface area contributed by atoms with Crippen molar-refractivity contribution in [3.8, 4) is 0 Å². The number of hydrogen-bond acceptors (Lipinski definition) is 1. The second-order valence-electron chi connectivity index (χ2n) is 3.22. The van der Waals surface area contributed by atoms with Crippen molar-refractivity contribution in [2.45, 2.75) is 6.92 Å². The van der Waals surface area contributed by atoms with E-state index in [1.54, 1.807) is 0 Å². The summed E-state index contributed by atoms with van der Waals surface area (Å²) in [6.45, 7) is 1.97. The van der Waals surface area contributed by atoms with E-state index in [9.17, 15) is 0 Å². The second kappa shape index (κ2) is 4.83. The molecule has 2 nitrogen and oxygen atoms in total. The van der Waals surface area contributed by atoms with Gasteiger partial charge in [-0.05, 0) is 0 Å². The topological polar surface area (TPSA) is 15.6 Å². The SMILES string of the molecule is Cc1ccc(N=C([Se])N(C)C)cc1Cl. The molecule has 0 spiro atoms. The Kier molecular flexibility index (Phi) is 3.99. The molecular weight excluding hydrogens is 263 g/mol. The zero-order valence-electron chi connectivity index (χ0n) is 8.41. The first kappa shape index (κ1) is 11.6. The number of aliphatic imine (C=N–C) groups is 1. The van der Waals surface area contributed by atoms with Gasteiger partial charge in [-0.25, -0.2) is 0 Å². The Hall–Kier alpha value is -0.501. The van der Waals surface area contributed by atoms with Crippen LogP contribution in [0.2, 0.25) is 5.02 Å². The van der Waals surface area contributed by atoms with Crippen LogP contribution in [0.4, 0.5) is 5.69 Å². The molecule has 0 unspecified atom stereocenters. The minimum absolute atomic E-state index is 0.748. The number of benzene rings is 1. The summed E-state index contributed by atoms with van der Waals surface area (Å²) in [5.41, 5.74) is 1.93. The number of nitrogens with zero attached hydrogens (tertiary/aromatic N) is 2. The summed E-state index contributed by atoms with van der Waals surface area (Å²) in [5.74, 6) is 0. The van der Waals surface area contributed by atoms with Gasteiger partial charge in [0, 0.05) is 0 Å². The summed E-state index contributed by atoms with van der Waals surface area (Å²) in [5, 5.41) is 0.748. The Balaban J connectivity index is 2.98. The third kappa shape index (κ3) is 3.02. The van der Waals surface area contributed by atoms with Crippen LogP contribution in [0.25, 0.3) is 0 Å². The standard InChI is InChI=1S/C10H12ClN2Se/c1-7-4-5-8(6-9(7)11)12-10(14)13(2)3/h4-6H,1-3H3. The molecule has 0 aliphatic heterocycles. The van der Waals surface area contributed by atoms with Gasteiger partial charge >= 0.3 is 97.7 Å². The van der Waals surface area contributed by atoms with Gasteiger partial charge in [0.2, 0.25) is 0 Å². The van der Waals surface area contributed by atoms with Crippen molar-refractivity contribution in [1.29, 1.82) is 0 Å². The number of amidine groups is 1. The molecule has 0 saturated carbocycles. The van der Waals surface area contributed by atoms with E-state index < -0.39 is 0 Å². The Morgan fingerprint density at radius 3 is 2.57 bits per heavy atom. The summed E-state index contributed by atoms with van der Waals surface area (Å²) in [6, 6.07) is 5.77. The van der Waals surface area contributed by atoms with E-state index in [0.717, 1.165) is 21.0 Å². The molecule has 0 N–H and O–H groups in total. The first-order valence-corrected chi connectivity index (χ1v) is 5.43. The average molecular weight is 275 g/mol. The van der Waals surface area contributed by atoms with Crippen LogP contribution in [0.1, 0.15) is 5.56 Å². The summed E-state index contributed by atoms with van der Waals surface area (Å²) in [6.07, 6.45) is 0. The van der Waals surface area contributed by atoms with Crippen molar-refractivity contribution in [3.05, 3.63) is 28.8 Å². The molecule has 75 valence electrons. The van der Waals surface area contributed by atoms with Crippen LogP contribution in [0, 0.1) is 6.92 Å². The number of halogens is 1. The second-order valence-corrected chi connectivity index (χ2v) is 4.40. The summed E-state index contributed by atoms with van der Waals surface area (Å²) in [7, 11) is 3.87. The Labute approximate surface area is 97.8 Å². The number of hydrogen-bond donors (Lipinski definition) is 0.